The molecule has 1 aliphatic rings. The van der Waals surface area contributed by atoms with Crippen LogP contribution in [0.15, 0.2) is 6.33 Å². The molecule has 7 nitrogen and oxygen atoms in total. The van der Waals surface area contributed by atoms with Crippen LogP contribution in [-0.4, -0.2) is 42.7 Å². The molecule has 0 spiro atoms. The first-order valence-corrected chi connectivity index (χ1v) is 5.75. The Hall–Kier alpha value is -2.39. The molecule has 3 heterocycles. The number of aromatic amines is 2. The smallest absolute Gasteiger partial charge is 0.340 e. The molecule has 3 rings (SSSR count). The first-order chi connectivity index (χ1) is 9.47. The van der Waals surface area contributed by atoms with E-state index in [4.69, 9.17) is 0 Å². The third-order valence-electron chi connectivity index (χ3n) is 3.07. The van der Waals surface area contributed by atoms with E-state index < -0.39 is 23.5 Å². The summed E-state index contributed by atoms with van der Waals surface area (Å²) in [5.41, 5.74) is -0.460. The van der Waals surface area contributed by atoms with Crippen LogP contribution in [0, 0.1) is 0 Å². The second kappa shape index (κ2) is 4.32. The number of fused-ring (bicyclic) bond motifs is 1. The molecule has 0 aromatic carbocycles. The van der Waals surface area contributed by atoms with Crippen molar-refractivity contribution in [2.75, 3.05) is 6.54 Å². The molecule has 0 saturated carbocycles. The number of imidazole rings is 1. The van der Waals surface area contributed by atoms with Crippen molar-refractivity contribution in [3.05, 3.63) is 29.1 Å². The number of hydrogen-bond acceptors (Lipinski definition) is 4. The first kappa shape index (κ1) is 12.6. The van der Waals surface area contributed by atoms with Gasteiger partial charge < -0.3 is 9.88 Å². The number of nitrogens with zero attached hydrogens (tertiary/aromatic N) is 4. The van der Waals surface area contributed by atoms with E-state index in [9.17, 15) is 18.0 Å². The summed E-state index contributed by atoms with van der Waals surface area (Å²) in [4.78, 5) is 18.9. The average Bonchev–Trinajstić information content (AvgIpc) is 3.05. The van der Waals surface area contributed by atoms with E-state index >= 15 is 0 Å². The summed E-state index contributed by atoms with van der Waals surface area (Å²) in [6.45, 7) is 0.400. The summed E-state index contributed by atoms with van der Waals surface area (Å²) in [6, 6.07) is 0. The predicted molar refractivity (Wildman–Crippen MR) is 58.4 cm³/mol. The summed E-state index contributed by atoms with van der Waals surface area (Å²) in [7, 11) is 0. The van der Waals surface area contributed by atoms with Crippen LogP contribution in [0.3, 0.4) is 0 Å². The van der Waals surface area contributed by atoms with Gasteiger partial charge in [0.1, 0.15) is 5.69 Å². The quantitative estimate of drug-likeness (QED) is 0.809. The molecule has 0 radical (unpaired) electrons. The van der Waals surface area contributed by atoms with Crippen LogP contribution in [0.1, 0.15) is 27.6 Å². The Labute approximate surface area is 110 Å². The minimum absolute atomic E-state index is 0.120. The van der Waals surface area contributed by atoms with Gasteiger partial charge in [0.15, 0.2) is 11.4 Å². The number of hydrogen-bond donors (Lipinski definition) is 2. The Balaban J connectivity index is 1.86. The summed E-state index contributed by atoms with van der Waals surface area (Å²) in [5.74, 6) is -0.771. The molecule has 2 aromatic rings. The van der Waals surface area contributed by atoms with Gasteiger partial charge in [-0.2, -0.15) is 28.6 Å². The third kappa shape index (κ3) is 2.02. The lowest BCUT2D eigenvalue weighted by Crippen LogP contribution is -2.37. The van der Waals surface area contributed by atoms with E-state index in [-0.39, 0.29) is 13.1 Å². The highest BCUT2D eigenvalue weighted by molar-refractivity contribution is 5.93. The summed E-state index contributed by atoms with van der Waals surface area (Å²) < 4.78 is 38.2. The van der Waals surface area contributed by atoms with Crippen LogP contribution in [0.2, 0.25) is 0 Å². The topological polar surface area (TPSA) is 90.6 Å². The van der Waals surface area contributed by atoms with Crippen molar-refractivity contribution >= 4 is 5.91 Å². The van der Waals surface area contributed by atoms with Crippen molar-refractivity contribution in [1.29, 1.82) is 0 Å². The van der Waals surface area contributed by atoms with E-state index in [1.807, 2.05) is 4.98 Å². The molecule has 0 bridgehead atoms. The standard InChI is InChI=1S/C10H9F3N6O/c11-10(12,13)8-7(14-4-15-8)9(20)19-2-1-5-6(3-19)17-18-16-5/h4H,1-3H2,(H,14,15)(H,16,17,18). The van der Waals surface area contributed by atoms with E-state index in [1.165, 1.54) is 4.90 Å². The minimum Gasteiger partial charge on any atom is -0.340 e. The largest absolute Gasteiger partial charge is 0.433 e. The number of nitrogens with one attached hydrogen (secondary N) is 2. The van der Waals surface area contributed by atoms with Crippen molar-refractivity contribution in [2.45, 2.75) is 19.1 Å². The van der Waals surface area contributed by atoms with Gasteiger partial charge in [0.05, 0.1) is 18.6 Å². The van der Waals surface area contributed by atoms with Crippen molar-refractivity contribution in [3.8, 4) is 0 Å². The molecule has 0 fully saturated rings. The van der Waals surface area contributed by atoms with Gasteiger partial charge in [-0.05, 0) is 0 Å². The molecule has 1 aliphatic heterocycles. The van der Waals surface area contributed by atoms with Crippen molar-refractivity contribution in [3.63, 3.8) is 0 Å². The number of aromatic nitrogens is 5. The zero-order valence-electron chi connectivity index (χ0n) is 10.0. The molecule has 10 heteroatoms. The molecular weight excluding hydrogens is 277 g/mol. The Morgan fingerprint density at radius 1 is 1.30 bits per heavy atom. The van der Waals surface area contributed by atoms with Crippen molar-refractivity contribution in [1.82, 2.24) is 30.3 Å². The maximum Gasteiger partial charge on any atom is 0.433 e. The van der Waals surface area contributed by atoms with Crippen LogP contribution in [0.25, 0.3) is 0 Å². The van der Waals surface area contributed by atoms with Gasteiger partial charge in [-0.1, -0.05) is 0 Å². The van der Waals surface area contributed by atoms with Crippen LogP contribution in [-0.2, 0) is 19.1 Å². The fraction of sp³-hybridized carbons (Fsp3) is 0.400. The second-order valence-electron chi connectivity index (χ2n) is 4.32. The van der Waals surface area contributed by atoms with Gasteiger partial charge in [-0.25, -0.2) is 4.98 Å². The highest BCUT2D eigenvalue weighted by Gasteiger charge is 2.39. The Morgan fingerprint density at radius 3 is 2.80 bits per heavy atom. The summed E-state index contributed by atoms with van der Waals surface area (Å²) in [6.07, 6.45) is -3.33. The normalized spacial score (nSPS) is 15.2. The van der Waals surface area contributed by atoms with E-state index in [1.54, 1.807) is 0 Å². The van der Waals surface area contributed by atoms with E-state index in [2.05, 4.69) is 20.4 Å². The SMILES string of the molecule is O=C(c1nc[nH]c1C(F)(F)F)N1CCc2n[nH]nc2C1. The van der Waals surface area contributed by atoms with E-state index in [0.29, 0.717) is 12.1 Å². The number of alkyl halides is 3. The first-order valence-electron chi connectivity index (χ1n) is 5.75. The number of H-pyrrole nitrogens is 2. The number of carbonyl (C=O) groups excluding carboxylic acids is 1. The fourth-order valence-electron chi connectivity index (χ4n) is 2.10. The summed E-state index contributed by atoms with van der Waals surface area (Å²) in [5, 5.41) is 10.2. The predicted octanol–water partition coefficient (Wildman–Crippen LogP) is 0.745. The maximum absolute atomic E-state index is 12.7. The van der Waals surface area contributed by atoms with Crippen LogP contribution >= 0.6 is 0 Å². The van der Waals surface area contributed by atoms with Crippen LogP contribution < -0.4 is 0 Å². The van der Waals surface area contributed by atoms with Crippen molar-refractivity contribution in [2.24, 2.45) is 0 Å². The van der Waals surface area contributed by atoms with Gasteiger partial charge >= 0.3 is 6.18 Å². The molecule has 20 heavy (non-hydrogen) atoms. The number of rotatable bonds is 1. The molecule has 0 aliphatic carbocycles. The third-order valence-corrected chi connectivity index (χ3v) is 3.07. The fourth-order valence-corrected chi connectivity index (χ4v) is 2.10. The lowest BCUT2D eigenvalue weighted by molar-refractivity contribution is -0.141. The van der Waals surface area contributed by atoms with Gasteiger partial charge in [-0.3, -0.25) is 4.79 Å². The zero-order chi connectivity index (χ0) is 14.3. The second-order valence-corrected chi connectivity index (χ2v) is 4.32. The Bertz CT molecular complexity index is 645. The molecule has 106 valence electrons. The highest BCUT2D eigenvalue weighted by atomic mass is 19.4. The van der Waals surface area contributed by atoms with Gasteiger partial charge in [0.2, 0.25) is 0 Å². The van der Waals surface area contributed by atoms with Gasteiger partial charge in [0.25, 0.3) is 5.91 Å². The van der Waals surface area contributed by atoms with Gasteiger partial charge in [0, 0.05) is 13.0 Å². The maximum atomic E-state index is 12.7. The van der Waals surface area contributed by atoms with Crippen LogP contribution in [0.5, 0.6) is 0 Å². The van der Waals surface area contributed by atoms with Crippen molar-refractivity contribution < 1.29 is 18.0 Å². The monoisotopic (exact) mass is 286 g/mol. The number of halogens is 3. The molecule has 2 N–H and O–H groups in total. The molecule has 0 atom stereocenters. The zero-order valence-corrected chi connectivity index (χ0v) is 10.0. The minimum atomic E-state index is -4.64. The molecule has 0 saturated heterocycles. The molecule has 2 aromatic heterocycles. The lowest BCUT2D eigenvalue weighted by Gasteiger charge is -2.25. The molecular formula is C10H9F3N6O. The Morgan fingerprint density at radius 2 is 2.05 bits per heavy atom. The lowest BCUT2D eigenvalue weighted by atomic mass is 10.1. The summed E-state index contributed by atoms with van der Waals surface area (Å²) >= 11 is 0. The van der Waals surface area contributed by atoms with E-state index in [0.717, 1.165) is 12.0 Å². The van der Waals surface area contributed by atoms with Crippen LogP contribution in [0.4, 0.5) is 13.2 Å². The number of amides is 1. The molecule has 1 amide bonds. The highest BCUT2D eigenvalue weighted by Crippen LogP contribution is 2.30. The Kier molecular flexibility index (Phi) is 2.73. The molecule has 0 unspecified atom stereocenters. The number of carbonyl (C=O) groups is 1. The van der Waals surface area contributed by atoms with Gasteiger partial charge in [-0.15, -0.1) is 0 Å². The average molecular weight is 286 g/mol.